The zero-order chi connectivity index (χ0) is 52.7. The summed E-state index contributed by atoms with van der Waals surface area (Å²) in [5.74, 6) is 0. The molecule has 0 saturated heterocycles. The van der Waals surface area contributed by atoms with E-state index in [1.54, 1.807) is 0 Å². The van der Waals surface area contributed by atoms with Gasteiger partial charge in [-0.3, -0.25) is 0 Å². The van der Waals surface area contributed by atoms with Gasteiger partial charge in [0.2, 0.25) is 0 Å². The molecule has 2 heterocycles. The van der Waals surface area contributed by atoms with Crippen molar-refractivity contribution in [3.05, 3.63) is 310 Å². The maximum Gasteiger partial charge on any atom is 0.193 e. The summed E-state index contributed by atoms with van der Waals surface area (Å²) in [4.78, 5) is 4.62. The van der Waals surface area contributed by atoms with Crippen LogP contribution in [0, 0.1) is 17.9 Å². The molecule has 2 aromatic heterocycles. The van der Waals surface area contributed by atoms with Crippen molar-refractivity contribution in [1.82, 2.24) is 4.40 Å². The summed E-state index contributed by atoms with van der Waals surface area (Å²) < 4.78 is 2.51. The smallest absolute Gasteiger partial charge is 0.193 e. The Kier molecular flexibility index (Phi) is 10.9. The maximum absolute atomic E-state index is 11.9. The molecule has 11 aromatic carbocycles. The number of nitrogens with zero attached hydrogens (tertiary/aromatic N) is 3. The third kappa shape index (κ3) is 6.76. The summed E-state index contributed by atoms with van der Waals surface area (Å²) in [5, 5.41) is 16.6. The monoisotopic (exact) mass is 1010 g/mol. The Balaban J connectivity index is 1.20. The molecule has 0 radical (unpaired) electrons. The number of nitriles is 1. The van der Waals surface area contributed by atoms with Crippen LogP contribution >= 0.6 is 0 Å². The highest BCUT2D eigenvalue weighted by Crippen LogP contribution is 2.59. The van der Waals surface area contributed by atoms with E-state index in [4.69, 9.17) is 0 Å². The summed E-state index contributed by atoms with van der Waals surface area (Å²) >= 11 is 0. The predicted molar refractivity (Wildman–Crippen MR) is 325 cm³/mol. The Morgan fingerprint density at radius 2 is 0.759 bits per heavy atom. The average Bonchev–Trinajstić information content (AvgIpc) is 3.83. The highest BCUT2D eigenvalue weighted by atomic mass is 14.9. The minimum absolute atomic E-state index is 0.578. The van der Waals surface area contributed by atoms with Gasteiger partial charge in [-0.25, -0.2) is 4.85 Å². The zero-order valence-electron chi connectivity index (χ0n) is 43.8. The van der Waals surface area contributed by atoms with Crippen molar-refractivity contribution in [3.8, 4) is 50.6 Å². The SMILES string of the molecule is [C-]#[N+]c1cc2c(c3c1C(c1ccccc1)(c1ccccc1)CCC3)c1c(-c3ccccc3-c3ccccc3)cc(-c3ccccc3-c3ccccc3)c3c4c5c(c(C#N)cc4n2c31)C(c1ccccc1)(c1ccccc1)CCC5. The number of hydrogen-bond acceptors (Lipinski definition) is 1. The van der Waals surface area contributed by atoms with Gasteiger partial charge in [0.15, 0.2) is 5.69 Å². The van der Waals surface area contributed by atoms with E-state index in [0.29, 0.717) is 11.3 Å². The number of hydrogen-bond donors (Lipinski definition) is 0. The maximum atomic E-state index is 11.9. The van der Waals surface area contributed by atoms with Crippen molar-refractivity contribution in [2.45, 2.75) is 49.4 Å². The van der Waals surface area contributed by atoms with Crippen LogP contribution in [0.1, 0.15) is 75.8 Å². The van der Waals surface area contributed by atoms with E-state index < -0.39 is 10.8 Å². The molecule has 0 unspecified atom stereocenters. The first-order chi connectivity index (χ1) is 39.1. The van der Waals surface area contributed by atoms with Crippen LogP contribution in [0.3, 0.4) is 0 Å². The first kappa shape index (κ1) is 46.5. The first-order valence-electron chi connectivity index (χ1n) is 27.9. The minimum Gasteiger partial charge on any atom is -0.309 e. The molecule has 0 spiro atoms. The predicted octanol–water partition coefficient (Wildman–Crippen LogP) is 19.3. The molecule has 0 atom stereocenters. The third-order valence-corrected chi connectivity index (χ3v) is 18.0. The van der Waals surface area contributed by atoms with Crippen molar-refractivity contribution in [2.24, 2.45) is 0 Å². The molecule has 13 aromatic rings. The van der Waals surface area contributed by atoms with Crippen LogP contribution in [0.15, 0.2) is 249 Å². The van der Waals surface area contributed by atoms with Crippen LogP contribution < -0.4 is 0 Å². The lowest BCUT2D eigenvalue weighted by Crippen LogP contribution is -2.35. The van der Waals surface area contributed by atoms with Gasteiger partial charge in [0.1, 0.15) is 0 Å². The third-order valence-electron chi connectivity index (χ3n) is 18.0. The van der Waals surface area contributed by atoms with E-state index in [9.17, 15) is 11.8 Å². The number of rotatable bonds is 8. The van der Waals surface area contributed by atoms with Gasteiger partial charge in [-0.2, -0.15) is 5.26 Å². The summed E-state index contributed by atoms with van der Waals surface area (Å²) in [6.07, 6.45) is 5.26. The first-order valence-corrected chi connectivity index (χ1v) is 27.9. The van der Waals surface area contributed by atoms with Crippen LogP contribution in [0.5, 0.6) is 0 Å². The molecule has 15 rings (SSSR count). The van der Waals surface area contributed by atoms with Crippen LogP contribution in [0.2, 0.25) is 0 Å². The van der Waals surface area contributed by atoms with Crippen molar-refractivity contribution < 1.29 is 0 Å². The number of aryl methyl sites for hydroxylation is 2. The number of benzene rings is 11. The van der Waals surface area contributed by atoms with E-state index in [2.05, 4.69) is 264 Å². The zero-order valence-corrected chi connectivity index (χ0v) is 43.8. The Morgan fingerprint density at radius 3 is 1.18 bits per heavy atom. The summed E-state index contributed by atoms with van der Waals surface area (Å²) in [6.45, 7) is 9.30. The molecular weight excluding hydrogens is 955 g/mol. The lowest BCUT2D eigenvalue weighted by atomic mass is 9.60. The van der Waals surface area contributed by atoms with Gasteiger partial charge in [-0.05, 0) is 146 Å². The normalized spacial score (nSPS) is 14.5. The summed E-state index contributed by atoms with van der Waals surface area (Å²) in [6, 6.07) is 93.3. The van der Waals surface area contributed by atoms with E-state index >= 15 is 0 Å². The van der Waals surface area contributed by atoms with Gasteiger partial charge in [-0.1, -0.05) is 231 Å². The second-order valence-electron chi connectivity index (χ2n) is 21.7. The van der Waals surface area contributed by atoms with Crippen LogP contribution in [0.4, 0.5) is 5.69 Å². The van der Waals surface area contributed by atoms with Crippen molar-refractivity contribution in [3.63, 3.8) is 0 Å². The Morgan fingerprint density at radius 1 is 0.392 bits per heavy atom. The molecule has 3 heteroatoms. The van der Waals surface area contributed by atoms with Gasteiger partial charge in [0.05, 0.1) is 29.2 Å². The van der Waals surface area contributed by atoms with Crippen LogP contribution in [0.25, 0.3) is 87.4 Å². The number of fused-ring (bicyclic) bond motifs is 10. The molecule has 372 valence electrons. The standard InChI is InChI=1S/C76H53N3/c1-78-65-48-67-69(62-43-25-45-76(73(62)65,55-34-16-6-17-35-55)56-36-18-7-19-37-56)71-64(60-41-23-21-39-58(60)51-28-10-3-11-29-51)47-63(59-40-22-20-38-57(59)50-26-8-2-9-27-50)70-68-61-42-24-44-75(53-30-12-4-13-31-53,54-32-14-5-15-33-54)72(61)52(49-77)46-66(68)79(67)74(70)71/h2-23,26-41,46-48H,24-25,42-45H2. The molecule has 2 aliphatic rings. The van der Waals surface area contributed by atoms with E-state index in [0.717, 1.165) is 111 Å². The van der Waals surface area contributed by atoms with Crippen LogP contribution in [-0.2, 0) is 23.7 Å². The lowest BCUT2D eigenvalue weighted by molar-refractivity contribution is 0.499. The van der Waals surface area contributed by atoms with Crippen LogP contribution in [-0.4, -0.2) is 4.40 Å². The van der Waals surface area contributed by atoms with Crippen molar-refractivity contribution >= 4 is 43.8 Å². The fourth-order valence-electron chi connectivity index (χ4n) is 15.0. The highest BCUT2D eigenvalue weighted by Gasteiger charge is 2.46. The van der Waals surface area contributed by atoms with Gasteiger partial charge in [-0.15, -0.1) is 0 Å². The second kappa shape index (κ2) is 18.5. The highest BCUT2D eigenvalue weighted by molar-refractivity contribution is 6.33. The van der Waals surface area contributed by atoms with E-state index in [1.165, 1.54) is 54.9 Å². The summed E-state index contributed by atoms with van der Waals surface area (Å²) in [5.41, 5.74) is 22.1. The quantitative estimate of drug-likeness (QED) is 0.140. The topological polar surface area (TPSA) is 32.6 Å². The van der Waals surface area contributed by atoms with Gasteiger partial charge in [0.25, 0.3) is 0 Å². The second-order valence-corrected chi connectivity index (χ2v) is 21.7. The molecule has 79 heavy (non-hydrogen) atoms. The minimum atomic E-state index is -0.583. The molecule has 0 N–H and O–H groups in total. The van der Waals surface area contributed by atoms with Crippen molar-refractivity contribution in [1.29, 1.82) is 5.26 Å². The Hall–Kier alpha value is -9.80. The summed E-state index contributed by atoms with van der Waals surface area (Å²) in [7, 11) is 0. The van der Waals surface area contributed by atoms with E-state index in [1.807, 2.05) is 0 Å². The molecule has 0 saturated carbocycles. The molecular formula is C76H53N3. The van der Waals surface area contributed by atoms with Gasteiger partial charge < -0.3 is 4.40 Å². The lowest BCUT2D eigenvalue weighted by Gasteiger charge is -2.42. The molecule has 0 bridgehead atoms. The molecule has 0 amide bonds. The molecule has 0 fully saturated rings. The number of aromatic nitrogens is 1. The van der Waals surface area contributed by atoms with Gasteiger partial charge >= 0.3 is 0 Å². The Labute approximate surface area is 461 Å². The fourth-order valence-corrected chi connectivity index (χ4v) is 15.0. The van der Waals surface area contributed by atoms with Gasteiger partial charge in [0, 0.05) is 37.9 Å². The molecule has 3 nitrogen and oxygen atoms in total. The van der Waals surface area contributed by atoms with E-state index in [-0.39, 0.29) is 0 Å². The largest absolute Gasteiger partial charge is 0.309 e. The van der Waals surface area contributed by atoms with Crippen molar-refractivity contribution in [2.75, 3.05) is 0 Å². The molecule has 2 aliphatic carbocycles. The Bertz CT molecular complexity index is 4210. The fraction of sp³-hybridized carbons (Fsp3) is 0.105. The average molecular weight is 1010 g/mol. The molecule has 0 aliphatic heterocycles.